The summed E-state index contributed by atoms with van der Waals surface area (Å²) in [5.41, 5.74) is -0.245. The van der Waals surface area contributed by atoms with Crippen LogP contribution >= 0.6 is 0 Å². The predicted octanol–water partition coefficient (Wildman–Crippen LogP) is 2.97. The van der Waals surface area contributed by atoms with Crippen molar-refractivity contribution in [3.63, 3.8) is 0 Å². The highest BCUT2D eigenvalue weighted by Crippen LogP contribution is 2.49. The van der Waals surface area contributed by atoms with E-state index in [4.69, 9.17) is 0 Å². The van der Waals surface area contributed by atoms with Gasteiger partial charge in [-0.2, -0.15) is 0 Å². The Bertz CT molecular complexity index is 174. The summed E-state index contributed by atoms with van der Waals surface area (Å²) in [6, 6.07) is 0. The van der Waals surface area contributed by atoms with Crippen LogP contribution in [0.25, 0.3) is 0 Å². The zero-order chi connectivity index (χ0) is 9.47. The molecule has 1 N–H and O–H groups in total. The fourth-order valence-corrected chi connectivity index (χ4v) is 2.84. The molecule has 0 heterocycles. The third-order valence-electron chi connectivity index (χ3n) is 4.18. The Kier molecular flexibility index (Phi) is 2.39. The fraction of sp³-hybridized carbons (Fsp3) is 1.00. The van der Waals surface area contributed by atoms with Gasteiger partial charge in [0, 0.05) is 0 Å². The van der Waals surface area contributed by atoms with Crippen molar-refractivity contribution in [2.24, 2.45) is 17.8 Å². The van der Waals surface area contributed by atoms with Gasteiger partial charge in [0.2, 0.25) is 0 Å². The summed E-state index contributed by atoms with van der Waals surface area (Å²) in [5, 5.41) is 10.3. The van der Waals surface area contributed by atoms with Crippen LogP contribution in [0.4, 0.5) is 0 Å². The molecule has 0 bridgehead atoms. The number of hydrogen-bond acceptors (Lipinski definition) is 1. The van der Waals surface area contributed by atoms with Crippen LogP contribution in [0.3, 0.4) is 0 Å². The molecule has 2 aliphatic rings. The zero-order valence-corrected chi connectivity index (χ0v) is 8.92. The molecule has 0 aromatic heterocycles. The van der Waals surface area contributed by atoms with E-state index in [2.05, 4.69) is 13.8 Å². The van der Waals surface area contributed by atoms with Gasteiger partial charge in [-0.1, -0.05) is 13.8 Å². The lowest BCUT2D eigenvalue weighted by Crippen LogP contribution is -2.37. The highest BCUT2D eigenvalue weighted by Gasteiger charge is 2.45. The Balaban J connectivity index is 1.87. The first-order valence-corrected chi connectivity index (χ1v) is 5.84. The van der Waals surface area contributed by atoms with Crippen molar-refractivity contribution in [1.82, 2.24) is 0 Å². The largest absolute Gasteiger partial charge is 0.390 e. The maximum atomic E-state index is 10.3. The van der Waals surface area contributed by atoms with Crippen molar-refractivity contribution in [2.75, 3.05) is 0 Å². The van der Waals surface area contributed by atoms with Gasteiger partial charge in [0.05, 0.1) is 5.60 Å². The summed E-state index contributed by atoms with van der Waals surface area (Å²) in [7, 11) is 0. The number of aliphatic hydroxyl groups is 1. The molecule has 76 valence electrons. The van der Waals surface area contributed by atoms with E-state index < -0.39 is 0 Å². The molecule has 1 heteroatoms. The minimum atomic E-state index is -0.245. The lowest BCUT2D eigenvalue weighted by atomic mass is 9.73. The summed E-state index contributed by atoms with van der Waals surface area (Å²) in [6.07, 6.45) is 7.21. The van der Waals surface area contributed by atoms with Crippen LogP contribution < -0.4 is 0 Å². The van der Waals surface area contributed by atoms with Gasteiger partial charge in [-0.3, -0.25) is 0 Å². The molecular weight excluding hydrogens is 160 g/mol. The molecule has 2 aliphatic carbocycles. The van der Waals surface area contributed by atoms with E-state index in [1.807, 2.05) is 0 Å². The first-order valence-electron chi connectivity index (χ1n) is 5.84. The van der Waals surface area contributed by atoms with Crippen LogP contribution in [0, 0.1) is 17.8 Å². The van der Waals surface area contributed by atoms with Crippen LogP contribution in [-0.4, -0.2) is 10.7 Å². The van der Waals surface area contributed by atoms with E-state index in [-0.39, 0.29) is 5.60 Å². The molecule has 0 amide bonds. The third kappa shape index (κ3) is 1.90. The van der Waals surface area contributed by atoms with Crippen molar-refractivity contribution in [1.29, 1.82) is 0 Å². The van der Waals surface area contributed by atoms with Gasteiger partial charge in [0.25, 0.3) is 0 Å². The molecule has 2 fully saturated rings. The quantitative estimate of drug-likeness (QED) is 0.696. The highest BCUT2D eigenvalue weighted by atomic mass is 16.3. The average Bonchev–Trinajstić information content (AvgIpc) is 2.87. The summed E-state index contributed by atoms with van der Waals surface area (Å²) >= 11 is 0. The smallest absolute Gasteiger partial charge is 0.0676 e. The lowest BCUT2D eigenvalue weighted by molar-refractivity contribution is -0.0339. The molecular formula is C12H22O. The van der Waals surface area contributed by atoms with E-state index in [1.54, 1.807) is 0 Å². The van der Waals surface area contributed by atoms with Gasteiger partial charge in [-0.25, -0.2) is 0 Å². The van der Waals surface area contributed by atoms with Crippen LogP contribution in [0.15, 0.2) is 0 Å². The monoisotopic (exact) mass is 182 g/mol. The van der Waals surface area contributed by atoms with Crippen LogP contribution in [0.5, 0.6) is 0 Å². The molecule has 0 aliphatic heterocycles. The minimum absolute atomic E-state index is 0.245. The lowest BCUT2D eigenvalue weighted by Gasteiger charge is -2.37. The average molecular weight is 182 g/mol. The first kappa shape index (κ1) is 9.51. The third-order valence-corrected chi connectivity index (χ3v) is 4.18. The molecule has 2 saturated carbocycles. The maximum Gasteiger partial charge on any atom is 0.0676 e. The minimum Gasteiger partial charge on any atom is -0.390 e. The zero-order valence-electron chi connectivity index (χ0n) is 8.92. The van der Waals surface area contributed by atoms with Crippen LogP contribution in [0.1, 0.15) is 52.4 Å². The standard InChI is InChI=1S/C12H22O/c1-9(2)10-5-7-12(13,8-6-10)11-3-4-11/h9-11,13H,3-8H2,1-2H3/t10-,12+. The SMILES string of the molecule is CC(C)[C@H]1CC[C@](O)(C2CC2)CC1. The molecule has 0 aromatic rings. The Morgan fingerprint density at radius 1 is 1.08 bits per heavy atom. The van der Waals surface area contributed by atoms with Gasteiger partial charge in [-0.15, -0.1) is 0 Å². The second-order valence-electron chi connectivity index (χ2n) is 5.46. The Morgan fingerprint density at radius 2 is 1.62 bits per heavy atom. The molecule has 0 aromatic carbocycles. The second-order valence-corrected chi connectivity index (χ2v) is 5.46. The highest BCUT2D eigenvalue weighted by molar-refractivity contribution is 4.97. The maximum absolute atomic E-state index is 10.3. The van der Waals surface area contributed by atoms with Gasteiger partial charge in [0.15, 0.2) is 0 Å². The summed E-state index contributed by atoms with van der Waals surface area (Å²) in [6.45, 7) is 4.62. The Labute approximate surface area is 81.5 Å². The fourth-order valence-electron chi connectivity index (χ4n) is 2.84. The van der Waals surface area contributed by atoms with E-state index in [0.29, 0.717) is 5.92 Å². The van der Waals surface area contributed by atoms with Gasteiger partial charge >= 0.3 is 0 Å². The first-order chi connectivity index (χ1) is 6.12. The molecule has 2 rings (SSSR count). The molecule has 0 saturated heterocycles. The van der Waals surface area contributed by atoms with Crippen molar-refractivity contribution in [3.8, 4) is 0 Å². The van der Waals surface area contributed by atoms with E-state index in [1.165, 1.54) is 25.7 Å². The van der Waals surface area contributed by atoms with Crippen LogP contribution in [0.2, 0.25) is 0 Å². The van der Waals surface area contributed by atoms with Crippen molar-refractivity contribution >= 4 is 0 Å². The van der Waals surface area contributed by atoms with E-state index in [0.717, 1.165) is 24.7 Å². The Hall–Kier alpha value is -0.0400. The molecule has 0 spiro atoms. The second kappa shape index (κ2) is 3.27. The predicted molar refractivity (Wildman–Crippen MR) is 54.5 cm³/mol. The summed E-state index contributed by atoms with van der Waals surface area (Å²) < 4.78 is 0. The summed E-state index contributed by atoms with van der Waals surface area (Å²) in [5.74, 6) is 2.35. The molecule has 0 radical (unpaired) electrons. The van der Waals surface area contributed by atoms with Gasteiger partial charge < -0.3 is 5.11 Å². The molecule has 0 unspecified atom stereocenters. The van der Waals surface area contributed by atoms with Crippen molar-refractivity contribution in [3.05, 3.63) is 0 Å². The van der Waals surface area contributed by atoms with Crippen molar-refractivity contribution < 1.29 is 5.11 Å². The summed E-state index contributed by atoms with van der Waals surface area (Å²) in [4.78, 5) is 0. The normalized spacial score (nSPS) is 41.1. The number of rotatable bonds is 2. The molecule has 0 atom stereocenters. The molecule has 13 heavy (non-hydrogen) atoms. The van der Waals surface area contributed by atoms with E-state index in [9.17, 15) is 5.11 Å². The molecule has 1 nitrogen and oxygen atoms in total. The number of hydrogen-bond donors (Lipinski definition) is 1. The van der Waals surface area contributed by atoms with Crippen molar-refractivity contribution in [2.45, 2.75) is 58.0 Å². The topological polar surface area (TPSA) is 20.2 Å². The van der Waals surface area contributed by atoms with Gasteiger partial charge in [0.1, 0.15) is 0 Å². The van der Waals surface area contributed by atoms with Crippen LogP contribution in [-0.2, 0) is 0 Å². The van der Waals surface area contributed by atoms with Gasteiger partial charge in [-0.05, 0) is 56.3 Å². The van der Waals surface area contributed by atoms with E-state index >= 15 is 0 Å². The Morgan fingerprint density at radius 3 is 2.00 bits per heavy atom.